The zero-order valence-corrected chi connectivity index (χ0v) is 25.5. The van der Waals surface area contributed by atoms with E-state index in [4.69, 9.17) is 0 Å². The van der Waals surface area contributed by atoms with E-state index in [1.54, 1.807) is 11.8 Å². The first-order valence-electron chi connectivity index (χ1n) is 14.0. The highest BCUT2D eigenvalue weighted by Gasteiger charge is 2.18. The SMILES string of the molecule is C=C(CCC(C)n1c(=C)c2ccccc2c1=C)NC(CSC/C=C(\C)CC/C=C(\C)CCC=C(C)C)C(=O)O. The highest BCUT2D eigenvalue weighted by atomic mass is 32.2. The average molecular weight is 549 g/mol. The maximum absolute atomic E-state index is 11.9. The molecule has 0 radical (unpaired) electrons. The molecule has 1 aromatic heterocycles. The molecule has 2 rings (SSSR count). The van der Waals surface area contributed by atoms with Crippen molar-refractivity contribution in [3.8, 4) is 0 Å². The molecule has 0 fully saturated rings. The number of nitrogens with one attached hydrogen (secondary N) is 1. The summed E-state index contributed by atoms with van der Waals surface area (Å²) in [6.07, 6.45) is 12.7. The van der Waals surface area contributed by atoms with Gasteiger partial charge in [0.2, 0.25) is 0 Å². The molecule has 1 aromatic carbocycles. The minimum Gasteiger partial charge on any atom is -0.480 e. The van der Waals surface area contributed by atoms with Gasteiger partial charge in [-0.1, -0.05) is 78.9 Å². The number of aromatic nitrogens is 1. The lowest BCUT2D eigenvalue weighted by Crippen LogP contribution is -2.38. The number of hydrogen-bond acceptors (Lipinski definition) is 3. The lowest BCUT2D eigenvalue weighted by atomic mass is 10.1. The first-order chi connectivity index (χ1) is 18.5. The Morgan fingerprint density at radius 1 is 0.974 bits per heavy atom. The fourth-order valence-corrected chi connectivity index (χ4v) is 5.67. The number of carboxylic acid groups (broad SMARTS) is 1. The molecule has 0 saturated carbocycles. The number of benzene rings is 1. The molecular weight excluding hydrogens is 500 g/mol. The van der Waals surface area contributed by atoms with Crippen LogP contribution in [-0.4, -0.2) is 33.2 Å². The molecule has 0 aliphatic heterocycles. The number of carbonyl (C=O) groups is 1. The van der Waals surface area contributed by atoms with Gasteiger partial charge in [-0.2, -0.15) is 11.8 Å². The van der Waals surface area contributed by atoms with Crippen LogP contribution in [0.5, 0.6) is 0 Å². The molecule has 0 amide bonds. The van der Waals surface area contributed by atoms with Gasteiger partial charge in [0.25, 0.3) is 0 Å². The summed E-state index contributed by atoms with van der Waals surface area (Å²) in [5, 5.41) is 17.1. The van der Waals surface area contributed by atoms with Crippen molar-refractivity contribution in [2.45, 2.75) is 85.2 Å². The van der Waals surface area contributed by atoms with E-state index < -0.39 is 12.0 Å². The number of aliphatic carboxylic acids is 1. The van der Waals surface area contributed by atoms with Crippen molar-refractivity contribution >= 4 is 41.7 Å². The van der Waals surface area contributed by atoms with E-state index in [-0.39, 0.29) is 6.04 Å². The van der Waals surface area contributed by atoms with Gasteiger partial charge >= 0.3 is 5.97 Å². The van der Waals surface area contributed by atoms with Crippen molar-refractivity contribution in [3.63, 3.8) is 0 Å². The van der Waals surface area contributed by atoms with Crippen LogP contribution < -0.4 is 16.0 Å². The number of thioether (sulfide) groups is 1. The minimum absolute atomic E-state index is 0.178. The Labute approximate surface area is 240 Å². The molecule has 2 atom stereocenters. The summed E-state index contributed by atoms with van der Waals surface area (Å²) in [5.41, 5.74) is 4.92. The quantitative estimate of drug-likeness (QED) is 0.159. The van der Waals surface area contributed by atoms with Crippen LogP contribution in [0.4, 0.5) is 0 Å². The molecule has 0 saturated heterocycles. The predicted octanol–water partition coefficient (Wildman–Crippen LogP) is 7.51. The second-order valence-electron chi connectivity index (χ2n) is 10.8. The topological polar surface area (TPSA) is 54.3 Å². The highest BCUT2D eigenvalue weighted by molar-refractivity contribution is 7.99. The lowest BCUT2D eigenvalue weighted by Gasteiger charge is -2.20. The Hall–Kier alpha value is -2.92. The van der Waals surface area contributed by atoms with E-state index in [0.717, 1.165) is 65.0 Å². The number of hydrogen-bond donors (Lipinski definition) is 2. The van der Waals surface area contributed by atoms with Gasteiger partial charge in [-0.25, -0.2) is 4.79 Å². The van der Waals surface area contributed by atoms with Crippen molar-refractivity contribution < 1.29 is 9.90 Å². The fourth-order valence-electron chi connectivity index (χ4n) is 4.67. The molecule has 0 spiro atoms. The summed E-state index contributed by atoms with van der Waals surface area (Å²) in [6.45, 7) is 23.5. The molecular formula is C34H48N2O2S. The van der Waals surface area contributed by atoms with Crippen molar-refractivity contribution in [1.82, 2.24) is 9.88 Å². The molecule has 2 aromatic rings. The van der Waals surface area contributed by atoms with Crippen LogP contribution in [0.2, 0.25) is 0 Å². The average Bonchev–Trinajstić information content (AvgIpc) is 3.14. The largest absolute Gasteiger partial charge is 0.480 e. The Kier molecular flexibility index (Phi) is 13.5. The van der Waals surface area contributed by atoms with E-state index in [9.17, 15) is 9.90 Å². The second-order valence-corrected chi connectivity index (χ2v) is 11.9. The second kappa shape index (κ2) is 16.2. The van der Waals surface area contributed by atoms with Crippen molar-refractivity contribution in [1.29, 1.82) is 0 Å². The molecule has 212 valence electrons. The molecule has 4 nitrogen and oxygen atoms in total. The van der Waals surface area contributed by atoms with Gasteiger partial charge in [-0.15, -0.1) is 0 Å². The number of nitrogens with zero attached hydrogens (tertiary/aromatic N) is 1. The number of fused-ring (bicyclic) bond motifs is 1. The first-order valence-corrected chi connectivity index (χ1v) is 15.1. The zero-order chi connectivity index (χ0) is 28.9. The molecule has 39 heavy (non-hydrogen) atoms. The van der Waals surface area contributed by atoms with Gasteiger partial charge in [0.1, 0.15) is 6.04 Å². The summed E-state index contributed by atoms with van der Waals surface area (Å²) in [4.78, 5) is 11.9. The van der Waals surface area contributed by atoms with Crippen molar-refractivity contribution in [2.24, 2.45) is 0 Å². The van der Waals surface area contributed by atoms with Gasteiger partial charge in [0, 0.05) is 44.7 Å². The molecule has 2 unspecified atom stereocenters. The van der Waals surface area contributed by atoms with Crippen LogP contribution in [-0.2, 0) is 4.79 Å². The maximum Gasteiger partial charge on any atom is 0.326 e. The van der Waals surface area contributed by atoms with E-state index in [1.165, 1.54) is 16.7 Å². The van der Waals surface area contributed by atoms with Gasteiger partial charge < -0.3 is 15.0 Å². The predicted molar refractivity (Wildman–Crippen MR) is 173 cm³/mol. The monoisotopic (exact) mass is 548 g/mol. The van der Waals surface area contributed by atoms with E-state index in [0.29, 0.717) is 12.2 Å². The Balaban J connectivity index is 1.77. The van der Waals surface area contributed by atoms with Gasteiger partial charge in [0.15, 0.2) is 0 Å². The standard InChI is InChI=1S/C34H48N2O2S/c1-24(2)13-11-14-25(3)15-12-16-26(4)21-22-39-23-33(34(37)38)35-27(5)19-20-28(6)36-29(7)31-17-9-10-18-32(31)30(36)8/h9-10,13,15,17-18,21,28,33,35H,5,7-8,11-12,14,16,19-20,22-23H2,1-4,6H3,(H,37,38)/b25-15+,26-21+. The normalized spacial score (nSPS) is 13.8. The van der Waals surface area contributed by atoms with Gasteiger partial charge in [-0.05, 0) is 73.1 Å². The Bertz CT molecular complexity index is 1260. The van der Waals surface area contributed by atoms with Crippen molar-refractivity contribution in [3.05, 3.63) is 82.2 Å². The Morgan fingerprint density at radius 3 is 2.10 bits per heavy atom. The summed E-state index contributed by atoms with van der Waals surface area (Å²) in [6, 6.07) is 7.72. The van der Waals surface area contributed by atoms with Crippen LogP contribution in [0.25, 0.3) is 23.9 Å². The van der Waals surface area contributed by atoms with Crippen LogP contribution in [0, 0.1) is 0 Å². The number of allylic oxidation sites excluding steroid dienone is 6. The summed E-state index contributed by atoms with van der Waals surface area (Å²) in [7, 11) is 0. The number of carboxylic acids is 1. The summed E-state index contributed by atoms with van der Waals surface area (Å²) in [5.74, 6) is 0.457. The van der Waals surface area contributed by atoms with E-state index in [1.807, 2.05) is 12.1 Å². The molecule has 1 heterocycles. The third kappa shape index (κ3) is 10.6. The third-order valence-corrected chi connectivity index (χ3v) is 8.04. The summed E-state index contributed by atoms with van der Waals surface area (Å²) < 4.78 is 2.18. The van der Waals surface area contributed by atoms with Gasteiger partial charge in [-0.3, -0.25) is 0 Å². The van der Waals surface area contributed by atoms with Crippen LogP contribution in [0.15, 0.2) is 71.5 Å². The van der Waals surface area contributed by atoms with Crippen molar-refractivity contribution in [2.75, 3.05) is 11.5 Å². The Morgan fingerprint density at radius 2 is 1.54 bits per heavy atom. The summed E-state index contributed by atoms with van der Waals surface area (Å²) >= 11 is 1.64. The fraction of sp³-hybridized carbons (Fsp3) is 0.441. The molecule has 2 N–H and O–H groups in total. The first kappa shape index (κ1) is 32.3. The smallest absolute Gasteiger partial charge is 0.326 e. The van der Waals surface area contributed by atoms with E-state index >= 15 is 0 Å². The van der Waals surface area contributed by atoms with Crippen LogP contribution in [0.3, 0.4) is 0 Å². The minimum atomic E-state index is -0.845. The number of rotatable bonds is 17. The third-order valence-electron chi connectivity index (χ3n) is 7.07. The molecule has 0 aliphatic rings. The van der Waals surface area contributed by atoms with Gasteiger partial charge in [0.05, 0.1) is 0 Å². The maximum atomic E-state index is 11.9. The molecule has 0 bridgehead atoms. The highest BCUT2D eigenvalue weighted by Crippen LogP contribution is 2.17. The zero-order valence-electron chi connectivity index (χ0n) is 24.7. The molecule has 0 aliphatic carbocycles. The van der Waals surface area contributed by atoms with Crippen LogP contribution in [0.1, 0.15) is 79.2 Å². The van der Waals surface area contributed by atoms with Crippen LogP contribution >= 0.6 is 11.8 Å². The lowest BCUT2D eigenvalue weighted by molar-refractivity contribution is -0.138. The molecule has 5 heteroatoms. The van der Waals surface area contributed by atoms with E-state index in [2.05, 4.69) is 94.6 Å².